The van der Waals surface area contributed by atoms with Crippen molar-refractivity contribution in [3.8, 4) is 5.75 Å². The average Bonchev–Trinajstić information content (AvgIpc) is 2.68. The van der Waals surface area contributed by atoms with Gasteiger partial charge in [0.2, 0.25) is 5.91 Å². The Labute approximate surface area is 156 Å². The maximum atomic E-state index is 12.8. The Bertz CT molecular complexity index is 709. The smallest absolute Gasteiger partial charge is 0.227 e. The third-order valence-electron chi connectivity index (χ3n) is 5.18. The summed E-state index contributed by atoms with van der Waals surface area (Å²) in [7, 11) is 4.07. The summed E-state index contributed by atoms with van der Waals surface area (Å²) in [5, 5.41) is 0. The Morgan fingerprint density at radius 1 is 1.08 bits per heavy atom. The first-order chi connectivity index (χ1) is 12.6. The summed E-state index contributed by atoms with van der Waals surface area (Å²) in [6.45, 7) is 2.62. The molecule has 2 aromatic carbocycles. The number of carbonyl (C=O) groups excluding carboxylic acids is 1. The van der Waals surface area contributed by atoms with E-state index >= 15 is 0 Å². The molecule has 0 N–H and O–H groups in total. The maximum Gasteiger partial charge on any atom is 0.227 e. The monoisotopic (exact) mass is 352 g/mol. The lowest BCUT2D eigenvalue weighted by atomic mass is 10.0. The van der Waals surface area contributed by atoms with Crippen molar-refractivity contribution in [3.05, 3.63) is 65.7 Å². The molecule has 0 saturated carbocycles. The van der Waals surface area contributed by atoms with Crippen LogP contribution in [0.3, 0.4) is 0 Å². The minimum atomic E-state index is 0.162. The topological polar surface area (TPSA) is 32.8 Å². The Kier molecular flexibility index (Phi) is 6.29. The van der Waals surface area contributed by atoms with Crippen LogP contribution in [-0.4, -0.2) is 48.9 Å². The van der Waals surface area contributed by atoms with E-state index in [1.165, 1.54) is 0 Å². The molecule has 3 rings (SSSR count). The Morgan fingerprint density at radius 2 is 1.73 bits per heavy atom. The normalized spacial score (nSPS) is 15.6. The fourth-order valence-corrected chi connectivity index (χ4v) is 3.40. The van der Waals surface area contributed by atoms with E-state index in [0.717, 1.165) is 42.8 Å². The van der Waals surface area contributed by atoms with Crippen LogP contribution >= 0.6 is 0 Å². The number of hydrogen-bond donors (Lipinski definition) is 0. The predicted octanol–water partition coefficient (Wildman–Crippen LogP) is 3.36. The molecule has 0 unspecified atom stereocenters. The molecule has 0 atom stereocenters. The molecule has 26 heavy (non-hydrogen) atoms. The lowest BCUT2D eigenvalue weighted by Gasteiger charge is -2.35. The third kappa shape index (κ3) is 4.85. The highest BCUT2D eigenvalue weighted by Crippen LogP contribution is 2.22. The van der Waals surface area contributed by atoms with Crippen LogP contribution in [0.5, 0.6) is 5.75 Å². The van der Waals surface area contributed by atoms with Gasteiger partial charge in [0.15, 0.2) is 0 Å². The molecule has 0 aliphatic carbocycles. The highest BCUT2D eigenvalue weighted by Gasteiger charge is 2.24. The van der Waals surface area contributed by atoms with Crippen molar-refractivity contribution in [3.63, 3.8) is 0 Å². The minimum absolute atomic E-state index is 0.162. The maximum absolute atomic E-state index is 12.8. The lowest BCUT2D eigenvalue weighted by molar-refractivity contribution is -0.132. The van der Waals surface area contributed by atoms with Gasteiger partial charge in [-0.2, -0.15) is 0 Å². The Hall–Kier alpha value is -2.33. The van der Waals surface area contributed by atoms with E-state index in [1.54, 1.807) is 0 Å². The molecule has 0 aromatic heterocycles. The van der Waals surface area contributed by atoms with Gasteiger partial charge in [0.1, 0.15) is 12.4 Å². The second-order valence-corrected chi connectivity index (χ2v) is 7.10. The number of benzene rings is 2. The Morgan fingerprint density at radius 3 is 2.46 bits per heavy atom. The fourth-order valence-electron chi connectivity index (χ4n) is 3.40. The van der Waals surface area contributed by atoms with Gasteiger partial charge in [-0.25, -0.2) is 0 Å². The molecule has 138 valence electrons. The SMILES string of the molecule is CN1CCC(N(C)C(=O)Cc2ccccc2OCc2ccccc2)CC1. The quantitative estimate of drug-likeness (QED) is 0.799. The van der Waals surface area contributed by atoms with E-state index in [0.29, 0.717) is 19.1 Å². The summed E-state index contributed by atoms with van der Waals surface area (Å²) in [6.07, 6.45) is 2.48. The third-order valence-corrected chi connectivity index (χ3v) is 5.18. The molecule has 2 aromatic rings. The van der Waals surface area contributed by atoms with Crippen molar-refractivity contribution in [2.24, 2.45) is 0 Å². The molecular formula is C22H28N2O2. The highest BCUT2D eigenvalue weighted by molar-refractivity contribution is 5.79. The van der Waals surface area contributed by atoms with Crippen LogP contribution in [0.15, 0.2) is 54.6 Å². The first-order valence-electron chi connectivity index (χ1n) is 9.32. The zero-order chi connectivity index (χ0) is 18.4. The number of likely N-dealkylation sites (N-methyl/N-ethyl adjacent to an activating group) is 1. The summed E-state index contributed by atoms with van der Waals surface area (Å²) < 4.78 is 5.99. The first-order valence-corrected chi connectivity index (χ1v) is 9.32. The molecule has 1 aliphatic heterocycles. The van der Waals surface area contributed by atoms with Gasteiger partial charge < -0.3 is 14.5 Å². The van der Waals surface area contributed by atoms with Gasteiger partial charge in [0, 0.05) is 18.7 Å². The number of piperidine rings is 1. The van der Waals surface area contributed by atoms with Crippen LogP contribution in [0.4, 0.5) is 0 Å². The molecule has 0 spiro atoms. The molecule has 0 radical (unpaired) electrons. The summed E-state index contributed by atoms with van der Waals surface area (Å²) >= 11 is 0. The van der Waals surface area contributed by atoms with Crippen LogP contribution in [0.25, 0.3) is 0 Å². The van der Waals surface area contributed by atoms with Gasteiger partial charge in [0.05, 0.1) is 6.42 Å². The molecular weight excluding hydrogens is 324 g/mol. The number of carbonyl (C=O) groups is 1. The van der Waals surface area contributed by atoms with E-state index < -0.39 is 0 Å². The van der Waals surface area contributed by atoms with Crippen LogP contribution in [0.1, 0.15) is 24.0 Å². The van der Waals surface area contributed by atoms with Crippen molar-refractivity contribution < 1.29 is 9.53 Å². The fraction of sp³-hybridized carbons (Fsp3) is 0.409. The van der Waals surface area contributed by atoms with Gasteiger partial charge in [-0.15, -0.1) is 0 Å². The number of para-hydroxylation sites is 1. The van der Waals surface area contributed by atoms with Gasteiger partial charge in [-0.1, -0.05) is 48.5 Å². The molecule has 1 saturated heterocycles. The molecule has 4 heteroatoms. The van der Waals surface area contributed by atoms with E-state index in [2.05, 4.69) is 11.9 Å². The predicted molar refractivity (Wildman–Crippen MR) is 104 cm³/mol. The highest BCUT2D eigenvalue weighted by atomic mass is 16.5. The molecule has 4 nitrogen and oxygen atoms in total. The molecule has 1 heterocycles. The summed E-state index contributed by atoms with van der Waals surface area (Å²) in [5.41, 5.74) is 2.07. The van der Waals surface area contributed by atoms with Gasteiger partial charge in [-0.05, 0) is 44.6 Å². The zero-order valence-corrected chi connectivity index (χ0v) is 15.7. The van der Waals surface area contributed by atoms with Gasteiger partial charge in [0.25, 0.3) is 0 Å². The Balaban J connectivity index is 1.61. The summed E-state index contributed by atoms with van der Waals surface area (Å²) in [5.74, 6) is 0.955. The number of rotatable bonds is 6. The van der Waals surface area contributed by atoms with Crippen LogP contribution in [-0.2, 0) is 17.8 Å². The van der Waals surface area contributed by atoms with Crippen molar-refractivity contribution in [1.82, 2.24) is 9.80 Å². The first kappa shape index (κ1) is 18.5. The standard InChI is InChI=1S/C22H28N2O2/c1-23-14-12-20(13-15-23)24(2)22(25)16-19-10-6-7-11-21(19)26-17-18-8-4-3-5-9-18/h3-11,20H,12-17H2,1-2H3. The summed E-state index contributed by atoms with van der Waals surface area (Å²) in [6, 6.07) is 18.3. The molecule has 0 bridgehead atoms. The van der Waals surface area contributed by atoms with E-state index in [4.69, 9.17) is 4.74 Å². The second kappa shape index (κ2) is 8.86. The van der Waals surface area contributed by atoms with Crippen molar-refractivity contribution in [2.75, 3.05) is 27.2 Å². The average molecular weight is 352 g/mol. The van der Waals surface area contributed by atoms with E-state index in [1.807, 2.05) is 66.5 Å². The van der Waals surface area contributed by atoms with E-state index in [-0.39, 0.29) is 5.91 Å². The largest absolute Gasteiger partial charge is 0.489 e. The molecule has 1 fully saturated rings. The van der Waals surface area contributed by atoms with Crippen LogP contribution in [0, 0.1) is 0 Å². The molecule has 1 aliphatic rings. The number of ether oxygens (including phenoxy) is 1. The van der Waals surface area contributed by atoms with Crippen molar-refractivity contribution in [2.45, 2.75) is 31.9 Å². The van der Waals surface area contributed by atoms with E-state index in [9.17, 15) is 4.79 Å². The van der Waals surface area contributed by atoms with Crippen molar-refractivity contribution >= 4 is 5.91 Å². The number of hydrogen-bond acceptors (Lipinski definition) is 3. The second-order valence-electron chi connectivity index (χ2n) is 7.10. The minimum Gasteiger partial charge on any atom is -0.489 e. The number of amides is 1. The number of nitrogens with zero attached hydrogens (tertiary/aromatic N) is 2. The van der Waals surface area contributed by atoms with Crippen LogP contribution in [0.2, 0.25) is 0 Å². The van der Waals surface area contributed by atoms with Gasteiger partial charge in [-0.3, -0.25) is 4.79 Å². The lowest BCUT2D eigenvalue weighted by Crippen LogP contribution is -2.45. The zero-order valence-electron chi connectivity index (χ0n) is 15.7. The van der Waals surface area contributed by atoms with Gasteiger partial charge >= 0.3 is 0 Å². The number of likely N-dealkylation sites (tertiary alicyclic amines) is 1. The van der Waals surface area contributed by atoms with Crippen LogP contribution < -0.4 is 4.74 Å². The van der Waals surface area contributed by atoms with Crippen molar-refractivity contribution in [1.29, 1.82) is 0 Å². The molecule has 1 amide bonds. The summed E-state index contributed by atoms with van der Waals surface area (Å²) in [4.78, 5) is 17.0.